The van der Waals surface area contributed by atoms with E-state index in [4.69, 9.17) is 0 Å². The number of nitrogens with zero attached hydrogens (tertiary/aromatic N) is 6. The molecule has 7 heteroatoms. The fraction of sp³-hybridized carbons (Fsp3) is 0.267. The van der Waals surface area contributed by atoms with Crippen LogP contribution in [0.4, 0.5) is 4.79 Å². The molecule has 0 radical (unpaired) electrons. The van der Waals surface area contributed by atoms with E-state index in [1.807, 2.05) is 44.2 Å². The first-order chi connectivity index (χ1) is 10.7. The van der Waals surface area contributed by atoms with Crippen LogP contribution in [0.5, 0.6) is 0 Å². The lowest BCUT2D eigenvalue weighted by Gasteiger charge is -2.08. The quantitative estimate of drug-likeness (QED) is 0.739. The molecule has 1 aromatic carbocycles. The van der Waals surface area contributed by atoms with Gasteiger partial charge in [-0.05, 0) is 11.5 Å². The SMILES string of the molecule is CC(C)c1nnn(C(=O)n2ccnn2)c1Cc1ccccc1. The maximum Gasteiger partial charge on any atom is 0.372 e. The summed E-state index contributed by atoms with van der Waals surface area (Å²) < 4.78 is 2.45. The molecule has 7 nitrogen and oxygen atoms in total. The average molecular weight is 296 g/mol. The van der Waals surface area contributed by atoms with Crippen LogP contribution in [0.15, 0.2) is 42.7 Å². The molecule has 0 unspecified atom stereocenters. The molecule has 0 saturated heterocycles. The van der Waals surface area contributed by atoms with Crippen molar-refractivity contribution in [3.8, 4) is 0 Å². The Kier molecular flexibility index (Phi) is 3.78. The van der Waals surface area contributed by atoms with E-state index >= 15 is 0 Å². The third-order valence-electron chi connectivity index (χ3n) is 3.35. The molecule has 0 amide bonds. The van der Waals surface area contributed by atoms with Crippen LogP contribution in [0, 0.1) is 0 Å². The van der Waals surface area contributed by atoms with Gasteiger partial charge in [0.2, 0.25) is 0 Å². The molecule has 0 aliphatic carbocycles. The van der Waals surface area contributed by atoms with Crippen molar-refractivity contribution in [3.05, 3.63) is 59.7 Å². The molecule has 0 bridgehead atoms. The summed E-state index contributed by atoms with van der Waals surface area (Å²) in [6.45, 7) is 4.06. The molecule has 22 heavy (non-hydrogen) atoms. The third-order valence-corrected chi connectivity index (χ3v) is 3.35. The van der Waals surface area contributed by atoms with E-state index in [1.54, 1.807) is 0 Å². The van der Waals surface area contributed by atoms with Gasteiger partial charge in [-0.1, -0.05) is 54.6 Å². The van der Waals surface area contributed by atoms with Crippen molar-refractivity contribution in [1.82, 2.24) is 30.0 Å². The zero-order valence-electron chi connectivity index (χ0n) is 12.4. The second kappa shape index (κ2) is 5.88. The summed E-state index contributed by atoms with van der Waals surface area (Å²) in [7, 11) is 0. The molecule has 0 N–H and O–H groups in total. The molecule has 3 rings (SSSR count). The van der Waals surface area contributed by atoms with E-state index in [1.165, 1.54) is 17.1 Å². The van der Waals surface area contributed by atoms with Crippen LogP contribution >= 0.6 is 0 Å². The summed E-state index contributed by atoms with van der Waals surface area (Å²) in [5, 5.41) is 15.6. The van der Waals surface area contributed by atoms with Gasteiger partial charge in [0.1, 0.15) is 0 Å². The Morgan fingerprint density at radius 1 is 1.18 bits per heavy atom. The van der Waals surface area contributed by atoms with Crippen molar-refractivity contribution in [1.29, 1.82) is 0 Å². The maximum atomic E-state index is 12.5. The van der Waals surface area contributed by atoms with Crippen LogP contribution in [-0.4, -0.2) is 36.0 Å². The van der Waals surface area contributed by atoms with Crippen molar-refractivity contribution in [2.45, 2.75) is 26.2 Å². The van der Waals surface area contributed by atoms with Crippen LogP contribution in [0.25, 0.3) is 0 Å². The summed E-state index contributed by atoms with van der Waals surface area (Å²) in [4.78, 5) is 12.5. The number of benzene rings is 1. The van der Waals surface area contributed by atoms with Gasteiger partial charge in [0.05, 0.1) is 23.8 Å². The van der Waals surface area contributed by atoms with Gasteiger partial charge < -0.3 is 0 Å². The van der Waals surface area contributed by atoms with Crippen molar-refractivity contribution >= 4 is 6.03 Å². The van der Waals surface area contributed by atoms with Crippen molar-refractivity contribution in [2.24, 2.45) is 0 Å². The largest absolute Gasteiger partial charge is 0.372 e. The number of hydrogen-bond acceptors (Lipinski definition) is 5. The number of carbonyl (C=O) groups excluding carboxylic acids is 1. The molecule has 112 valence electrons. The molecule has 2 heterocycles. The summed E-state index contributed by atoms with van der Waals surface area (Å²) in [5.41, 5.74) is 2.69. The Morgan fingerprint density at radius 2 is 1.95 bits per heavy atom. The van der Waals surface area contributed by atoms with Gasteiger partial charge in [-0.2, -0.15) is 9.36 Å². The predicted octanol–water partition coefficient (Wildman–Crippen LogP) is 2.10. The fourth-order valence-electron chi connectivity index (χ4n) is 2.28. The van der Waals surface area contributed by atoms with E-state index in [2.05, 4.69) is 20.6 Å². The minimum Gasteiger partial charge on any atom is -0.243 e. The highest BCUT2D eigenvalue weighted by molar-refractivity contribution is 5.78. The number of aromatic nitrogens is 6. The summed E-state index contributed by atoms with van der Waals surface area (Å²) in [5.74, 6) is 0.177. The van der Waals surface area contributed by atoms with E-state index in [0.29, 0.717) is 6.42 Å². The summed E-state index contributed by atoms with van der Waals surface area (Å²) >= 11 is 0. The van der Waals surface area contributed by atoms with Crippen LogP contribution in [0.1, 0.15) is 36.7 Å². The topological polar surface area (TPSA) is 78.5 Å². The van der Waals surface area contributed by atoms with Crippen molar-refractivity contribution < 1.29 is 4.79 Å². The molecule has 0 spiro atoms. The highest BCUT2D eigenvalue weighted by Crippen LogP contribution is 2.20. The molecule has 0 aliphatic rings. The molecule has 0 atom stereocenters. The Hall–Kier alpha value is -2.83. The van der Waals surface area contributed by atoms with Gasteiger partial charge in [0.25, 0.3) is 0 Å². The second-order valence-electron chi connectivity index (χ2n) is 5.28. The van der Waals surface area contributed by atoms with Crippen LogP contribution in [-0.2, 0) is 6.42 Å². The van der Waals surface area contributed by atoms with Crippen LogP contribution < -0.4 is 0 Å². The second-order valence-corrected chi connectivity index (χ2v) is 5.28. The third kappa shape index (κ3) is 2.65. The Bertz CT molecular complexity index is 761. The van der Waals surface area contributed by atoms with Gasteiger partial charge in [0.15, 0.2) is 0 Å². The van der Waals surface area contributed by atoms with Crippen molar-refractivity contribution in [3.63, 3.8) is 0 Å². The predicted molar refractivity (Wildman–Crippen MR) is 79.6 cm³/mol. The number of hydrogen-bond donors (Lipinski definition) is 0. The molecule has 0 saturated carbocycles. The standard InChI is InChI=1S/C15H16N6O/c1-11(2)14-13(10-12-6-4-3-5-7-12)21(19-17-14)15(22)20-9-8-16-18-20/h3-9,11H,10H2,1-2H3. The van der Waals surface area contributed by atoms with Gasteiger partial charge in [-0.25, -0.2) is 4.79 Å². The van der Waals surface area contributed by atoms with E-state index in [9.17, 15) is 4.79 Å². The molecular formula is C15H16N6O. The number of carbonyl (C=O) groups is 1. The lowest BCUT2D eigenvalue weighted by atomic mass is 10.0. The average Bonchev–Trinajstić information content (AvgIpc) is 3.17. The highest BCUT2D eigenvalue weighted by Gasteiger charge is 2.21. The Labute approximate surface area is 127 Å². The van der Waals surface area contributed by atoms with Crippen LogP contribution in [0.3, 0.4) is 0 Å². The highest BCUT2D eigenvalue weighted by atomic mass is 16.2. The number of rotatable bonds is 3. The van der Waals surface area contributed by atoms with Gasteiger partial charge in [0, 0.05) is 6.42 Å². The Morgan fingerprint density at radius 3 is 2.59 bits per heavy atom. The van der Waals surface area contributed by atoms with Gasteiger partial charge in [-0.15, -0.1) is 10.2 Å². The normalized spacial score (nSPS) is 11.0. The van der Waals surface area contributed by atoms with E-state index < -0.39 is 0 Å². The fourth-order valence-corrected chi connectivity index (χ4v) is 2.28. The van der Waals surface area contributed by atoms with Crippen molar-refractivity contribution in [2.75, 3.05) is 0 Å². The molecular weight excluding hydrogens is 280 g/mol. The zero-order chi connectivity index (χ0) is 15.5. The smallest absolute Gasteiger partial charge is 0.243 e. The Balaban J connectivity index is 2.02. The van der Waals surface area contributed by atoms with Gasteiger partial charge >= 0.3 is 6.03 Å². The summed E-state index contributed by atoms with van der Waals surface area (Å²) in [6.07, 6.45) is 3.53. The van der Waals surface area contributed by atoms with E-state index in [-0.39, 0.29) is 11.9 Å². The maximum absolute atomic E-state index is 12.5. The molecule has 3 aromatic rings. The zero-order valence-corrected chi connectivity index (χ0v) is 12.4. The minimum atomic E-state index is -0.386. The monoisotopic (exact) mass is 296 g/mol. The van der Waals surface area contributed by atoms with Gasteiger partial charge in [-0.3, -0.25) is 0 Å². The lowest BCUT2D eigenvalue weighted by Crippen LogP contribution is -2.24. The lowest BCUT2D eigenvalue weighted by molar-refractivity contribution is 0.236. The molecule has 2 aromatic heterocycles. The summed E-state index contributed by atoms with van der Waals surface area (Å²) in [6, 6.07) is 9.55. The molecule has 0 aliphatic heterocycles. The van der Waals surface area contributed by atoms with Crippen LogP contribution in [0.2, 0.25) is 0 Å². The first kappa shape index (κ1) is 14.1. The first-order valence-corrected chi connectivity index (χ1v) is 7.06. The van der Waals surface area contributed by atoms with E-state index in [0.717, 1.165) is 21.6 Å². The minimum absolute atomic E-state index is 0.177. The first-order valence-electron chi connectivity index (χ1n) is 7.06. The molecule has 0 fully saturated rings.